The summed E-state index contributed by atoms with van der Waals surface area (Å²) in [4.78, 5) is 34.3. The quantitative estimate of drug-likeness (QED) is 0.384. The second-order valence-electron chi connectivity index (χ2n) is 5.05. The van der Waals surface area contributed by atoms with Gasteiger partial charge in [-0.05, 0) is 20.8 Å². The molecule has 0 aliphatic rings. The van der Waals surface area contributed by atoms with Crippen LogP contribution in [-0.2, 0) is 28.6 Å². The lowest BCUT2D eigenvalue weighted by molar-refractivity contribution is -0.166. The Bertz CT molecular complexity index is 519. The molecule has 1 N–H and O–H groups in total. The molecule has 0 rings (SSSR count). The van der Waals surface area contributed by atoms with Gasteiger partial charge in [-0.2, -0.15) is 0 Å². The van der Waals surface area contributed by atoms with Gasteiger partial charge in [-0.25, -0.2) is 14.4 Å². The summed E-state index contributed by atoms with van der Waals surface area (Å²) in [5.41, 5.74) is 0.409. The summed E-state index contributed by atoms with van der Waals surface area (Å²) in [6.45, 7) is 13.7. The Balaban J connectivity index is 4.80. The molecule has 23 heavy (non-hydrogen) atoms. The molecule has 0 spiro atoms. The van der Waals surface area contributed by atoms with Crippen molar-refractivity contribution >= 4 is 17.9 Å². The van der Waals surface area contributed by atoms with Crippen molar-refractivity contribution in [2.45, 2.75) is 33.0 Å². The van der Waals surface area contributed by atoms with Crippen molar-refractivity contribution in [3.8, 4) is 0 Å². The normalized spacial score (nSPS) is 12.5. The second kappa shape index (κ2) is 9.58. The third-order valence-electron chi connectivity index (χ3n) is 2.50. The van der Waals surface area contributed by atoms with Gasteiger partial charge in [0.15, 0.2) is 6.10 Å². The lowest BCUT2D eigenvalue weighted by Gasteiger charge is -2.23. The smallest absolute Gasteiger partial charge is 0.333 e. The molecule has 2 unspecified atom stereocenters. The first-order valence-electron chi connectivity index (χ1n) is 6.76. The monoisotopic (exact) mass is 326 g/mol. The van der Waals surface area contributed by atoms with E-state index in [1.54, 1.807) is 0 Å². The van der Waals surface area contributed by atoms with Gasteiger partial charge in [-0.3, -0.25) is 0 Å². The average molecular weight is 326 g/mol. The molecule has 7 heteroatoms. The standard InChI is InChI=1S/C16H22O7/c1-9(2)14(18)21-7-12(17)13(23-16(20)11(5)6)8-22-15(19)10(3)4/h12-13,17H,1,3,5,7-8H2,2,4,6H3. The van der Waals surface area contributed by atoms with Crippen LogP contribution in [0.25, 0.3) is 0 Å². The molecule has 0 radical (unpaired) electrons. The van der Waals surface area contributed by atoms with Gasteiger partial charge >= 0.3 is 17.9 Å². The van der Waals surface area contributed by atoms with Gasteiger partial charge < -0.3 is 19.3 Å². The fraction of sp³-hybridized carbons (Fsp3) is 0.438. The Kier molecular flexibility index (Phi) is 8.57. The van der Waals surface area contributed by atoms with Crippen LogP contribution in [0.3, 0.4) is 0 Å². The Morgan fingerprint density at radius 1 is 0.826 bits per heavy atom. The van der Waals surface area contributed by atoms with E-state index >= 15 is 0 Å². The van der Waals surface area contributed by atoms with Gasteiger partial charge in [0, 0.05) is 16.7 Å². The average Bonchev–Trinajstić information content (AvgIpc) is 2.47. The Morgan fingerprint density at radius 3 is 1.61 bits per heavy atom. The molecule has 0 amide bonds. The van der Waals surface area contributed by atoms with Gasteiger partial charge in [0.2, 0.25) is 0 Å². The number of aliphatic hydroxyl groups is 1. The molecule has 0 aromatic rings. The zero-order valence-electron chi connectivity index (χ0n) is 13.6. The first-order valence-corrected chi connectivity index (χ1v) is 6.76. The highest BCUT2D eigenvalue weighted by molar-refractivity contribution is 5.88. The largest absolute Gasteiger partial charge is 0.459 e. The Morgan fingerprint density at radius 2 is 1.22 bits per heavy atom. The summed E-state index contributed by atoms with van der Waals surface area (Å²) in [5.74, 6) is -2.17. The minimum atomic E-state index is -1.39. The zero-order valence-corrected chi connectivity index (χ0v) is 13.6. The van der Waals surface area contributed by atoms with Crippen LogP contribution in [-0.4, -0.2) is 48.4 Å². The second-order valence-corrected chi connectivity index (χ2v) is 5.05. The van der Waals surface area contributed by atoms with Crippen LogP contribution in [0, 0.1) is 0 Å². The van der Waals surface area contributed by atoms with E-state index in [1.807, 2.05) is 0 Å². The SMILES string of the molecule is C=C(C)C(=O)OCC(O)C(COC(=O)C(=C)C)OC(=O)C(=C)C. The Labute approximate surface area is 135 Å². The molecule has 0 heterocycles. The van der Waals surface area contributed by atoms with Crippen LogP contribution in [0.1, 0.15) is 20.8 Å². The number of esters is 3. The van der Waals surface area contributed by atoms with Crippen molar-refractivity contribution in [2.75, 3.05) is 13.2 Å². The number of rotatable bonds is 9. The summed E-state index contributed by atoms with van der Waals surface area (Å²) >= 11 is 0. The van der Waals surface area contributed by atoms with Gasteiger partial charge in [-0.1, -0.05) is 19.7 Å². The van der Waals surface area contributed by atoms with Crippen molar-refractivity contribution in [3.63, 3.8) is 0 Å². The third-order valence-corrected chi connectivity index (χ3v) is 2.50. The Hall–Kier alpha value is -2.41. The van der Waals surface area contributed by atoms with Crippen LogP contribution >= 0.6 is 0 Å². The number of carbonyl (C=O) groups excluding carboxylic acids is 3. The number of aliphatic hydroxyl groups excluding tert-OH is 1. The topological polar surface area (TPSA) is 99.1 Å². The highest BCUT2D eigenvalue weighted by atomic mass is 16.6. The van der Waals surface area contributed by atoms with Crippen LogP contribution in [0.15, 0.2) is 36.5 Å². The highest BCUT2D eigenvalue weighted by Crippen LogP contribution is 2.08. The highest BCUT2D eigenvalue weighted by Gasteiger charge is 2.27. The number of hydrogen-bond donors (Lipinski definition) is 1. The maximum absolute atomic E-state index is 11.6. The zero-order chi connectivity index (χ0) is 18.2. The van der Waals surface area contributed by atoms with Crippen LogP contribution in [0.4, 0.5) is 0 Å². The maximum Gasteiger partial charge on any atom is 0.333 e. The van der Waals surface area contributed by atoms with E-state index in [4.69, 9.17) is 14.2 Å². The molecule has 0 aliphatic heterocycles. The van der Waals surface area contributed by atoms with E-state index in [2.05, 4.69) is 19.7 Å². The minimum absolute atomic E-state index is 0.104. The molecule has 2 atom stereocenters. The van der Waals surface area contributed by atoms with E-state index < -0.39 is 43.3 Å². The van der Waals surface area contributed by atoms with E-state index in [9.17, 15) is 19.5 Å². The van der Waals surface area contributed by atoms with Crippen molar-refractivity contribution < 1.29 is 33.7 Å². The van der Waals surface area contributed by atoms with E-state index in [-0.39, 0.29) is 16.7 Å². The van der Waals surface area contributed by atoms with Crippen molar-refractivity contribution in [2.24, 2.45) is 0 Å². The molecule has 0 aromatic heterocycles. The molecule has 0 saturated carbocycles. The summed E-state index contributed by atoms with van der Waals surface area (Å²) in [6, 6.07) is 0. The van der Waals surface area contributed by atoms with Crippen molar-refractivity contribution in [1.82, 2.24) is 0 Å². The summed E-state index contributed by atoms with van der Waals surface area (Å²) in [5, 5.41) is 9.99. The lowest BCUT2D eigenvalue weighted by Crippen LogP contribution is -2.39. The summed E-state index contributed by atoms with van der Waals surface area (Å²) in [6.07, 6.45) is -2.61. The van der Waals surface area contributed by atoms with E-state index in [0.717, 1.165) is 0 Å². The van der Waals surface area contributed by atoms with E-state index in [1.165, 1.54) is 20.8 Å². The van der Waals surface area contributed by atoms with Gasteiger partial charge in [0.1, 0.15) is 19.3 Å². The maximum atomic E-state index is 11.6. The third kappa shape index (κ3) is 7.96. The molecule has 128 valence electrons. The molecule has 0 aliphatic carbocycles. The van der Waals surface area contributed by atoms with Crippen LogP contribution in [0.2, 0.25) is 0 Å². The number of carbonyl (C=O) groups is 3. The van der Waals surface area contributed by atoms with Crippen molar-refractivity contribution in [3.05, 3.63) is 36.5 Å². The summed E-state index contributed by atoms with van der Waals surface area (Å²) in [7, 11) is 0. The van der Waals surface area contributed by atoms with Crippen LogP contribution < -0.4 is 0 Å². The molecule has 0 fully saturated rings. The molecular weight excluding hydrogens is 304 g/mol. The fourth-order valence-electron chi connectivity index (χ4n) is 1.13. The molecular formula is C16H22O7. The molecule has 0 aromatic carbocycles. The molecule has 0 bridgehead atoms. The van der Waals surface area contributed by atoms with E-state index in [0.29, 0.717) is 0 Å². The molecule has 0 saturated heterocycles. The van der Waals surface area contributed by atoms with Gasteiger partial charge in [0.05, 0.1) is 0 Å². The van der Waals surface area contributed by atoms with Gasteiger partial charge in [-0.15, -0.1) is 0 Å². The lowest BCUT2D eigenvalue weighted by atomic mass is 10.2. The van der Waals surface area contributed by atoms with Crippen LogP contribution in [0.5, 0.6) is 0 Å². The fourth-order valence-corrected chi connectivity index (χ4v) is 1.13. The predicted octanol–water partition coefficient (Wildman–Crippen LogP) is 1.07. The predicted molar refractivity (Wildman–Crippen MR) is 82.2 cm³/mol. The van der Waals surface area contributed by atoms with Gasteiger partial charge in [0.25, 0.3) is 0 Å². The number of ether oxygens (including phenoxy) is 3. The minimum Gasteiger partial charge on any atom is -0.459 e. The first kappa shape index (κ1) is 20.6. The van der Waals surface area contributed by atoms with Crippen molar-refractivity contribution in [1.29, 1.82) is 0 Å². The molecule has 7 nitrogen and oxygen atoms in total. The first-order chi connectivity index (χ1) is 10.6. The number of hydrogen-bond acceptors (Lipinski definition) is 7. The summed E-state index contributed by atoms with van der Waals surface area (Å²) < 4.78 is 14.6.